The van der Waals surface area contributed by atoms with Gasteiger partial charge in [0.05, 0.1) is 7.11 Å². The van der Waals surface area contributed by atoms with E-state index in [1.165, 1.54) is 0 Å². The van der Waals surface area contributed by atoms with Crippen LogP contribution in [0.5, 0.6) is 11.8 Å². The fraction of sp³-hybridized carbons (Fsp3) is 0.500. The summed E-state index contributed by atoms with van der Waals surface area (Å²) in [6.07, 6.45) is 3.78. The minimum Gasteiger partial charge on any atom is -0.481 e. The van der Waals surface area contributed by atoms with Crippen molar-refractivity contribution in [2.45, 2.75) is 32.5 Å². The summed E-state index contributed by atoms with van der Waals surface area (Å²) in [5, 5.41) is 0. The van der Waals surface area contributed by atoms with Gasteiger partial charge in [-0.25, -0.2) is 9.97 Å². The summed E-state index contributed by atoms with van der Waals surface area (Å²) in [4.78, 5) is 15.4. The van der Waals surface area contributed by atoms with Crippen LogP contribution in [0, 0.1) is 6.92 Å². The monoisotopic (exact) mass is 344 g/mol. The Morgan fingerprint density at radius 3 is 2.68 bits per heavy atom. The van der Waals surface area contributed by atoms with Crippen LogP contribution in [0.3, 0.4) is 0 Å². The van der Waals surface area contributed by atoms with Crippen molar-refractivity contribution in [3.05, 3.63) is 35.8 Å². The van der Waals surface area contributed by atoms with Crippen molar-refractivity contribution in [3.63, 3.8) is 0 Å². The predicted octanol–water partition coefficient (Wildman–Crippen LogP) is 2.38. The molecule has 134 valence electrons. The van der Waals surface area contributed by atoms with Gasteiger partial charge in [0, 0.05) is 50.9 Å². The van der Waals surface area contributed by atoms with Crippen LogP contribution < -0.4 is 14.4 Å². The Bertz CT molecular complexity index is 702. The summed E-state index contributed by atoms with van der Waals surface area (Å²) >= 11 is 0. The lowest BCUT2D eigenvalue weighted by Gasteiger charge is -2.33. The minimum atomic E-state index is 0.173. The topological polar surface area (TPSA) is 69.6 Å². The largest absolute Gasteiger partial charge is 0.481 e. The molecule has 1 aliphatic heterocycles. The fourth-order valence-electron chi connectivity index (χ4n) is 2.87. The molecule has 1 fully saturated rings. The number of ether oxygens (including phenoxy) is 3. The maximum absolute atomic E-state index is 6.06. The molecule has 0 amide bonds. The average Bonchev–Trinajstić information content (AvgIpc) is 2.64. The van der Waals surface area contributed by atoms with Crippen molar-refractivity contribution < 1.29 is 14.2 Å². The molecule has 7 nitrogen and oxygen atoms in total. The summed E-state index contributed by atoms with van der Waals surface area (Å²) in [6.45, 7) is 4.11. The number of methoxy groups -OCH3 is 2. The van der Waals surface area contributed by atoms with Crippen LogP contribution in [0.15, 0.2) is 24.4 Å². The Hall–Kier alpha value is -2.41. The van der Waals surface area contributed by atoms with E-state index in [1.54, 1.807) is 20.4 Å². The molecule has 2 aromatic rings. The molecule has 0 aliphatic carbocycles. The summed E-state index contributed by atoms with van der Waals surface area (Å²) < 4.78 is 16.5. The van der Waals surface area contributed by atoms with Crippen LogP contribution >= 0.6 is 0 Å². The zero-order chi connectivity index (χ0) is 17.6. The third kappa shape index (κ3) is 4.36. The molecule has 0 unspecified atom stereocenters. The van der Waals surface area contributed by atoms with Crippen molar-refractivity contribution in [2.75, 3.05) is 32.2 Å². The van der Waals surface area contributed by atoms with Crippen LogP contribution in [-0.2, 0) is 11.3 Å². The van der Waals surface area contributed by atoms with Gasteiger partial charge in [-0.3, -0.25) is 0 Å². The minimum absolute atomic E-state index is 0.173. The summed E-state index contributed by atoms with van der Waals surface area (Å²) in [5.74, 6) is 2.78. The standard InChI is InChI=1S/C18H24N4O3/c1-13-5-4-8-19-18(13)25-14-6-9-22(10-7-14)16-11-17(24-3)21-15(20-16)12-23-2/h4-5,8,11,14H,6-7,9-10,12H2,1-3H3. The highest BCUT2D eigenvalue weighted by atomic mass is 16.5. The van der Waals surface area contributed by atoms with E-state index in [4.69, 9.17) is 14.2 Å². The molecule has 1 aliphatic rings. The van der Waals surface area contributed by atoms with Gasteiger partial charge in [-0.1, -0.05) is 6.07 Å². The number of hydrogen-bond acceptors (Lipinski definition) is 7. The van der Waals surface area contributed by atoms with Gasteiger partial charge in [0.2, 0.25) is 11.8 Å². The maximum atomic E-state index is 6.06. The summed E-state index contributed by atoms with van der Waals surface area (Å²) in [7, 11) is 3.24. The molecule has 7 heteroatoms. The molecule has 0 saturated carbocycles. The molecule has 0 N–H and O–H groups in total. The number of anilines is 1. The lowest BCUT2D eigenvalue weighted by Crippen LogP contribution is -2.39. The number of rotatable bonds is 6. The number of hydrogen-bond donors (Lipinski definition) is 0. The third-order valence-electron chi connectivity index (χ3n) is 4.22. The van der Waals surface area contributed by atoms with Gasteiger partial charge in [0.25, 0.3) is 0 Å². The second-order valence-electron chi connectivity index (χ2n) is 6.05. The molecular formula is C18H24N4O3. The molecule has 0 bridgehead atoms. The van der Waals surface area contributed by atoms with Gasteiger partial charge in [0.15, 0.2) is 5.82 Å². The van der Waals surface area contributed by atoms with E-state index in [0.29, 0.717) is 18.3 Å². The smallest absolute Gasteiger partial charge is 0.218 e. The van der Waals surface area contributed by atoms with Crippen LogP contribution in [0.1, 0.15) is 24.2 Å². The van der Waals surface area contributed by atoms with Gasteiger partial charge in [-0.05, 0) is 13.0 Å². The van der Waals surface area contributed by atoms with E-state index in [-0.39, 0.29) is 6.10 Å². The SMILES string of the molecule is COCc1nc(OC)cc(N2CCC(Oc3ncccc3C)CC2)n1. The van der Waals surface area contributed by atoms with Gasteiger partial charge in [-0.2, -0.15) is 4.98 Å². The highest BCUT2D eigenvalue weighted by Crippen LogP contribution is 2.24. The van der Waals surface area contributed by atoms with E-state index in [2.05, 4.69) is 19.9 Å². The van der Waals surface area contributed by atoms with Crippen LogP contribution in [0.2, 0.25) is 0 Å². The lowest BCUT2D eigenvalue weighted by atomic mass is 10.1. The molecular weight excluding hydrogens is 320 g/mol. The summed E-state index contributed by atoms with van der Waals surface area (Å²) in [6, 6.07) is 5.80. The van der Waals surface area contributed by atoms with Gasteiger partial charge in [0.1, 0.15) is 18.5 Å². The quantitative estimate of drug-likeness (QED) is 0.797. The second-order valence-corrected chi connectivity index (χ2v) is 6.05. The van der Waals surface area contributed by atoms with Crippen LogP contribution in [0.4, 0.5) is 5.82 Å². The first-order chi connectivity index (χ1) is 12.2. The number of aromatic nitrogens is 3. The first-order valence-electron chi connectivity index (χ1n) is 8.43. The molecule has 3 rings (SSSR count). The lowest BCUT2D eigenvalue weighted by molar-refractivity contribution is 0.162. The van der Waals surface area contributed by atoms with E-state index >= 15 is 0 Å². The van der Waals surface area contributed by atoms with E-state index in [1.807, 2.05) is 25.1 Å². The molecule has 0 aromatic carbocycles. The van der Waals surface area contributed by atoms with Crippen LogP contribution in [-0.4, -0.2) is 48.4 Å². The fourth-order valence-corrected chi connectivity index (χ4v) is 2.87. The Kier molecular flexibility index (Phi) is 5.65. The summed E-state index contributed by atoms with van der Waals surface area (Å²) in [5.41, 5.74) is 1.06. The number of pyridine rings is 1. The van der Waals surface area contributed by atoms with E-state index in [0.717, 1.165) is 43.2 Å². The Labute approximate surface area is 148 Å². The van der Waals surface area contributed by atoms with E-state index < -0.39 is 0 Å². The predicted molar refractivity (Wildman–Crippen MR) is 94.1 cm³/mol. The molecule has 25 heavy (non-hydrogen) atoms. The van der Waals surface area contributed by atoms with Crippen molar-refractivity contribution >= 4 is 5.82 Å². The normalized spacial score (nSPS) is 15.2. The highest BCUT2D eigenvalue weighted by molar-refractivity contribution is 5.42. The van der Waals surface area contributed by atoms with Crippen molar-refractivity contribution in [1.82, 2.24) is 15.0 Å². The Balaban J connectivity index is 1.64. The molecule has 0 spiro atoms. The number of aryl methyl sites for hydroxylation is 1. The zero-order valence-electron chi connectivity index (χ0n) is 14.9. The van der Waals surface area contributed by atoms with Gasteiger partial charge < -0.3 is 19.1 Å². The average molecular weight is 344 g/mol. The Morgan fingerprint density at radius 2 is 2.00 bits per heavy atom. The molecule has 3 heterocycles. The third-order valence-corrected chi connectivity index (χ3v) is 4.22. The van der Waals surface area contributed by atoms with Gasteiger partial charge >= 0.3 is 0 Å². The van der Waals surface area contributed by atoms with Gasteiger partial charge in [-0.15, -0.1) is 0 Å². The number of piperidine rings is 1. The first kappa shape index (κ1) is 17.4. The molecule has 0 atom stereocenters. The molecule has 1 saturated heterocycles. The van der Waals surface area contributed by atoms with Crippen molar-refractivity contribution in [2.24, 2.45) is 0 Å². The maximum Gasteiger partial charge on any atom is 0.218 e. The first-order valence-corrected chi connectivity index (χ1v) is 8.43. The molecule has 2 aromatic heterocycles. The van der Waals surface area contributed by atoms with Crippen LogP contribution in [0.25, 0.3) is 0 Å². The van der Waals surface area contributed by atoms with E-state index in [9.17, 15) is 0 Å². The second kappa shape index (κ2) is 8.11. The van der Waals surface area contributed by atoms with Crippen molar-refractivity contribution in [1.29, 1.82) is 0 Å². The Morgan fingerprint density at radius 1 is 1.20 bits per heavy atom. The number of nitrogens with zero attached hydrogens (tertiary/aromatic N) is 4. The molecule has 0 radical (unpaired) electrons. The highest BCUT2D eigenvalue weighted by Gasteiger charge is 2.23. The van der Waals surface area contributed by atoms with Crippen molar-refractivity contribution in [3.8, 4) is 11.8 Å². The zero-order valence-corrected chi connectivity index (χ0v) is 14.9.